The van der Waals surface area contributed by atoms with Crippen molar-refractivity contribution in [2.45, 2.75) is 26.4 Å². The molecule has 104 valence electrons. The van der Waals surface area contributed by atoms with Crippen LogP contribution in [-0.2, 0) is 6.61 Å². The standard InChI is InChI=1S/C15H15FN2O2/c1-9(2)13-4-10-3-12(16)15(5-14(10)18-13)20-7-11-6-19-8-17-11/h3-6,8-9,18H,7H2,1-2H3. The molecule has 0 radical (unpaired) electrons. The number of hydrogen-bond donors (Lipinski definition) is 1. The highest BCUT2D eigenvalue weighted by molar-refractivity contribution is 5.82. The first-order chi connectivity index (χ1) is 9.63. The van der Waals surface area contributed by atoms with E-state index >= 15 is 0 Å². The van der Waals surface area contributed by atoms with Gasteiger partial charge in [0.25, 0.3) is 0 Å². The van der Waals surface area contributed by atoms with Gasteiger partial charge >= 0.3 is 0 Å². The fourth-order valence-corrected chi connectivity index (χ4v) is 2.04. The number of benzene rings is 1. The quantitative estimate of drug-likeness (QED) is 0.782. The maximum absolute atomic E-state index is 14.0. The van der Waals surface area contributed by atoms with Crippen LogP contribution in [0.4, 0.5) is 4.39 Å². The average molecular weight is 274 g/mol. The number of nitrogens with zero attached hydrogens (tertiary/aromatic N) is 1. The topological polar surface area (TPSA) is 51.1 Å². The molecule has 1 aromatic carbocycles. The molecule has 0 bridgehead atoms. The third kappa shape index (κ3) is 2.39. The van der Waals surface area contributed by atoms with Gasteiger partial charge in [0, 0.05) is 22.7 Å². The second kappa shape index (κ2) is 5.00. The van der Waals surface area contributed by atoms with E-state index in [0.717, 1.165) is 16.6 Å². The van der Waals surface area contributed by atoms with E-state index < -0.39 is 0 Å². The molecular formula is C15H15FN2O2. The van der Waals surface area contributed by atoms with Crippen LogP contribution in [0.5, 0.6) is 5.75 Å². The summed E-state index contributed by atoms with van der Waals surface area (Å²) in [4.78, 5) is 7.20. The molecule has 2 aromatic heterocycles. The van der Waals surface area contributed by atoms with E-state index in [-0.39, 0.29) is 18.2 Å². The Labute approximate surface area is 115 Å². The molecule has 3 rings (SSSR count). The van der Waals surface area contributed by atoms with Crippen LogP contribution in [0.15, 0.2) is 35.3 Å². The van der Waals surface area contributed by atoms with Crippen molar-refractivity contribution in [1.29, 1.82) is 0 Å². The van der Waals surface area contributed by atoms with Crippen LogP contribution in [0.25, 0.3) is 10.9 Å². The summed E-state index contributed by atoms with van der Waals surface area (Å²) in [5, 5.41) is 0.847. The first-order valence-corrected chi connectivity index (χ1v) is 6.45. The summed E-state index contributed by atoms with van der Waals surface area (Å²) < 4.78 is 24.3. The van der Waals surface area contributed by atoms with Crippen molar-refractivity contribution in [2.24, 2.45) is 0 Å². The molecule has 0 aliphatic carbocycles. The summed E-state index contributed by atoms with van der Waals surface area (Å²) >= 11 is 0. The van der Waals surface area contributed by atoms with Gasteiger partial charge in [-0.15, -0.1) is 0 Å². The van der Waals surface area contributed by atoms with E-state index in [1.807, 2.05) is 6.07 Å². The highest BCUT2D eigenvalue weighted by atomic mass is 19.1. The fourth-order valence-electron chi connectivity index (χ4n) is 2.04. The zero-order valence-electron chi connectivity index (χ0n) is 11.3. The van der Waals surface area contributed by atoms with Gasteiger partial charge < -0.3 is 14.1 Å². The van der Waals surface area contributed by atoms with Crippen molar-refractivity contribution in [2.75, 3.05) is 0 Å². The Kier molecular flexibility index (Phi) is 3.18. The molecule has 3 aromatic rings. The first kappa shape index (κ1) is 12.7. The van der Waals surface area contributed by atoms with Gasteiger partial charge in [-0.3, -0.25) is 0 Å². The second-order valence-corrected chi connectivity index (χ2v) is 5.02. The lowest BCUT2D eigenvalue weighted by Crippen LogP contribution is -1.97. The van der Waals surface area contributed by atoms with Crippen LogP contribution >= 0.6 is 0 Å². The van der Waals surface area contributed by atoms with Crippen LogP contribution in [0.1, 0.15) is 31.2 Å². The fraction of sp³-hybridized carbons (Fsp3) is 0.267. The predicted octanol–water partition coefficient (Wildman–Crippen LogP) is 4.00. The summed E-state index contributed by atoms with van der Waals surface area (Å²) in [5.74, 6) is 0.193. The lowest BCUT2D eigenvalue weighted by Gasteiger charge is -2.05. The smallest absolute Gasteiger partial charge is 0.180 e. The van der Waals surface area contributed by atoms with Crippen molar-refractivity contribution < 1.29 is 13.5 Å². The molecule has 0 saturated carbocycles. The van der Waals surface area contributed by atoms with Gasteiger partial charge in [-0.25, -0.2) is 9.37 Å². The highest BCUT2D eigenvalue weighted by Crippen LogP contribution is 2.28. The molecule has 2 heterocycles. The Morgan fingerprint density at radius 2 is 2.20 bits per heavy atom. The monoisotopic (exact) mass is 274 g/mol. The first-order valence-electron chi connectivity index (χ1n) is 6.45. The minimum Gasteiger partial charge on any atom is -0.484 e. The van der Waals surface area contributed by atoms with E-state index in [1.165, 1.54) is 18.7 Å². The van der Waals surface area contributed by atoms with Gasteiger partial charge in [0.15, 0.2) is 18.0 Å². The van der Waals surface area contributed by atoms with Crippen molar-refractivity contribution in [3.63, 3.8) is 0 Å². The number of ether oxygens (including phenoxy) is 1. The zero-order chi connectivity index (χ0) is 14.1. The Hall–Kier alpha value is -2.30. The molecule has 0 spiro atoms. The van der Waals surface area contributed by atoms with Crippen molar-refractivity contribution in [3.05, 3.63) is 48.1 Å². The molecule has 5 heteroatoms. The van der Waals surface area contributed by atoms with E-state index in [9.17, 15) is 4.39 Å². The maximum atomic E-state index is 14.0. The van der Waals surface area contributed by atoms with Gasteiger partial charge in [-0.2, -0.15) is 0 Å². The van der Waals surface area contributed by atoms with Crippen molar-refractivity contribution in [3.8, 4) is 5.75 Å². The number of fused-ring (bicyclic) bond motifs is 1. The third-order valence-corrected chi connectivity index (χ3v) is 3.18. The van der Waals surface area contributed by atoms with Gasteiger partial charge in [0.1, 0.15) is 18.6 Å². The molecular weight excluding hydrogens is 259 g/mol. The van der Waals surface area contributed by atoms with Crippen molar-refractivity contribution >= 4 is 10.9 Å². The van der Waals surface area contributed by atoms with Gasteiger partial charge in [-0.1, -0.05) is 13.8 Å². The number of halogens is 1. The number of aromatic amines is 1. The normalized spacial score (nSPS) is 11.4. The number of H-pyrrole nitrogens is 1. The minimum atomic E-state index is -0.379. The van der Waals surface area contributed by atoms with Gasteiger partial charge in [0.2, 0.25) is 0 Å². The molecule has 1 N–H and O–H groups in total. The molecule has 0 aliphatic rings. The molecule has 4 nitrogen and oxygen atoms in total. The number of aromatic nitrogens is 2. The predicted molar refractivity (Wildman–Crippen MR) is 73.2 cm³/mol. The van der Waals surface area contributed by atoms with Crippen molar-refractivity contribution in [1.82, 2.24) is 9.97 Å². The number of rotatable bonds is 4. The van der Waals surface area contributed by atoms with E-state index in [2.05, 4.69) is 23.8 Å². The van der Waals surface area contributed by atoms with Gasteiger partial charge in [0.05, 0.1) is 0 Å². The summed E-state index contributed by atoms with van der Waals surface area (Å²) in [6.07, 6.45) is 2.79. The molecule has 0 unspecified atom stereocenters. The Balaban J connectivity index is 1.88. The molecule has 0 atom stereocenters. The summed E-state index contributed by atoms with van der Waals surface area (Å²) in [6.45, 7) is 4.35. The maximum Gasteiger partial charge on any atom is 0.180 e. The lowest BCUT2D eigenvalue weighted by molar-refractivity contribution is 0.286. The van der Waals surface area contributed by atoms with Crippen LogP contribution < -0.4 is 4.74 Å². The van der Waals surface area contributed by atoms with E-state index in [4.69, 9.17) is 9.15 Å². The minimum absolute atomic E-state index is 0.177. The summed E-state index contributed by atoms with van der Waals surface area (Å²) in [7, 11) is 0. The third-order valence-electron chi connectivity index (χ3n) is 3.18. The molecule has 0 saturated heterocycles. The lowest BCUT2D eigenvalue weighted by atomic mass is 10.1. The van der Waals surface area contributed by atoms with E-state index in [0.29, 0.717) is 11.6 Å². The summed E-state index contributed by atoms with van der Waals surface area (Å²) in [6, 6.07) is 5.12. The summed E-state index contributed by atoms with van der Waals surface area (Å²) in [5.41, 5.74) is 2.57. The van der Waals surface area contributed by atoms with Crippen LogP contribution in [0.3, 0.4) is 0 Å². The van der Waals surface area contributed by atoms with Crippen LogP contribution in [0, 0.1) is 5.82 Å². The average Bonchev–Trinajstić information content (AvgIpc) is 3.04. The molecule has 20 heavy (non-hydrogen) atoms. The SMILES string of the molecule is CC(C)c1cc2cc(F)c(OCc3cocn3)cc2[nH]1. The molecule has 0 amide bonds. The molecule has 0 fully saturated rings. The molecule has 0 aliphatic heterocycles. The Morgan fingerprint density at radius 3 is 2.90 bits per heavy atom. The largest absolute Gasteiger partial charge is 0.484 e. The highest BCUT2D eigenvalue weighted by Gasteiger charge is 2.11. The van der Waals surface area contributed by atoms with Crippen LogP contribution in [-0.4, -0.2) is 9.97 Å². The second-order valence-electron chi connectivity index (χ2n) is 5.02. The van der Waals surface area contributed by atoms with E-state index in [1.54, 1.807) is 6.07 Å². The Bertz CT molecular complexity index is 717. The van der Waals surface area contributed by atoms with Crippen LogP contribution in [0.2, 0.25) is 0 Å². The number of oxazole rings is 1. The number of hydrogen-bond acceptors (Lipinski definition) is 3. The zero-order valence-corrected chi connectivity index (χ0v) is 11.3. The number of nitrogens with one attached hydrogen (secondary N) is 1. The van der Waals surface area contributed by atoms with Gasteiger partial charge in [-0.05, 0) is 18.1 Å². The Morgan fingerprint density at radius 1 is 1.35 bits per heavy atom.